The van der Waals surface area contributed by atoms with E-state index >= 15 is 0 Å². The lowest BCUT2D eigenvalue weighted by atomic mass is 10.1. The standard InChI is InChI=1S/C39H71O8P/c1-3-5-7-9-11-13-15-17-18-19-20-22-23-25-27-29-31-33-38(40)45-35-37(36-46-48(42,43)44)47-39(41)34-32-30-28-26-24-21-16-14-12-10-8-6-4-2/h8,10,14,16-18,37H,3-7,9,11-13,15,19-36H2,1-2H3,(H2,42,43,44)/b10-8-,16-14-,18-17-. The van der Waals surface area contributed by atoms with E-state index < -0.39 is 32.5 Å². The Hall–Kier alpha value is -1.73. The van der Waals surface area contributed by atoms with Crippen LogP contribution in [0.15, 0.2) is 36.5 Å². The van der Waals surface area contributed by atoms with Gasteiger partial charge < -0.3 is 19.3 Å². The maximum Gasteiger partial charge on any atom is 0.469 e. The van der Waals surface area contributed by atoms with Gasteiger partial charge in [0, 0.05) is 12.8 Å². The molecule has 0 bridgehead atoms. The van der Waals surface area contributed by atoms with Gasteiger partial charge in [0.25, 0.3) is 0 Å². The molecule has 0 spiro atoms. The van der Waals surface area contributed by atoms with E-state index in [0.717, 1.165) is 77.0 Å². The number of phosphoric acid groups is 1. The van der Waals surface area contributed by atoms with E-state index in [4.69, 9.17) is 19.3 Å². The zero-order valence-electron chi connectivity index (χ0n) is 30.6. The van der Waals surface area contributed by atoms with Crippen molar-refractivity contribution in [1.82, 2.24) is 0 Å². The average Bonchev–Trinajstić information content (AvgIpc) is 3.05. The quantitative estimate of drug-likeness (QED) is 0.0290. The molecule has 0 amide bonds. The van der Waals surface area contributed by atoms with Crippen LogP contribution in [0.25, 0.3) is 0 Å². The number of carbonyl (C=O) groups excluding carboxylic acids is 2. The molecule has 0 rings (SSSR count). The van der Waals surface area contributed by atoms with Crippen LogP contribution in [-0.4, -0.2) is 41.0 Å². The fourth-order valence-electron chi connectivity index (χ4n) is 5.23. The van der Waals surface area contributed by atoms with Crippen molar-refractivity contribution >= 4 is 19.8 Å². The third-order valence-corrected chi connectivity index (χ3v) is 8.60. The molecule has 0 saturated heterocycles. The number of hydrogen-bond acceptors (Lipinski definition) is 6. The van der Waals surface area contributed by atoms with Crippen molar-refractivity contribution in [1.29, 1.82) is 0 Å². The number of carbonyl (C=O) groups is 2. The molecule has 0 fully saturated rings. The highest BCUT2D eigenvalue weighted by molar-refractivity contribution is 7.46. The molecule has 0 aliphatic rings. The Bertz CT molecular complexity index is 879. The summed E-state index contributed by atoms with van der Waals surface area (Å²) >= 11 is 0. The van der Waals surface area contributed by atoms with Gasteiger partial charge in [0.2, 0.25) is 0 Å². The predicted octanol–water partition coefficient (Wildman–Crippen LogP) is 11.4. The first-order valence-electron chi connectivity index (χ1n) is 19.3. The molecule has 2 N–H and O–H groups in total. The van der Waals surface area contributed by atoms with E-state index in [9.17, 15) is 14.2 Å². The Morgan fingerprint density at radius 2 is 0.979 bits per heavy atom. The molecule has 48 heavy (non-hydrogen) atoms. The highest BCUT2D eigenvalue weighted by Crippen LogP contribution is 2.36. The molecule has 280 valence electrons. The highest BCUT2D eigenvalue weighted by atomic mass is 31.2. The molecule has 0 saturated carbocycles. The minimum absolute atomic E-state index is 0.195. The summed E-state index contributed by atoms with van der Waals surface area (Å²) in [5, 5.41) is 0. The van der Waals surface area contributed by atoms with E-state index in [1.165, 1.54) is 70.6 Å². The smallest absolute Gasteiger partial charge is 0.462 e. The monoisotopic (exact) mass is 698 g/mol. The van der Waals surface area contributed by atoms with Gasteiger partial charge in [0.05, 0.1) is 6.61 Å². The van der Waals surface area contributed by atoms with Gasteiger partial charge in [-0.2, -0.15) is 0 Å². The Kier molecular flexibility index (Phi) is 33.8. The topological polar surface area (TPSA) is 119 Å². The second kappa shape index (κ2) is 35.1. The van der Waals surface area contributed by atoms with Crippen molar-refractivity contribution < 1.29 is 37.9 Å². The number of phosphoric ester groups is 1. The molecule has 9 heteroatoms. The average molecular weight is 699 g/mol. The lowest BCUT2D eigenvalue weighted by molar-refractivity contribution is -0.161. The molecule has 0 aromatic rings. The zero-order chi connectivity index (χ0) is 35.4. The summed E-state index contributed by atoms with van der Waals surface area (Å²) < 4.78 is 26.3. The van der Waals surface area contributed by atoms with Crippen LogP contribution in [0.5, 0.6) is 0 Å². The number of hydrogen-bond donors (Lipinski definition) is 2. The Labute approximate surface area is 293 Å². The van der Waals surface area contributed by atoms with E-state index in [2.05, 4.69) is 54.8 Å². The first kappa shape index (κ1) is 46.3. The summed E-state index contributed by atoms with van der Waals surface area (Å²) in [5.74, 6) is -0.906. The molecule has 1 unspecified atom stereocenters. The van der Waals surface area contributed by atoms with E-state index in [1.54, 1.807) is 0 Å². The number of ether oxygens (including phenoxy) is 2. The van der Waals surface area contributed by atoms with E-state index in [0.29, 0.717) is 6.42 Å². The van der Waals surface area contributed by atoms with Crippen molar-refractivity contribution in [2.75, 3.05) is 13.2 Å². The predicted molar refractivity (Wildman–Crippen MR) is 198 cm³/mol. The van der Waals surface area contributed by atoms with E-state index in [-0.39, 0.29) is 19.4 Å². The Morgan fingerprint density at radius 1 is 0.542 bits per heavy atom. The molecule has 1 atom stereocenters. The molecule has 0 aromatic carbocycles. The first-order chi connectivity index (χ1) is 23.3. The zero-order valence-corrected chi connectivity index (χ0v) is 31.5. The van der Waals surface area contributed by atoms with Gasteiger partial charge in [-0.15, -0.1) is 0 Å². The van der Waals surface area contributed by atoms with Crippen LogP contribution in [0, 0.1) is 0 Å². The van der Waals surface area contributed by atoms with Crippen molar-refractivity contribution in [2.24, 2.45) is 0 Å². The third kappa shape index (κ3) is 37.1. The van der Waals surface area contributed by atoms with Crippen LogP contribution in [0.1, 0.15) is 181 Å². The van der Waals surface area contributed by atoms with Crippen molar-refractivity contribution in [2.45, 2.75) is 187 Å². The number of esters is 2. The molecular weight excluding hydrogens is 627 g/mol. The lowest BCUT2D eigenvalue weighted by Gasteiger charge is -2.18. The summed E-state index contributed by atoms with van der Waals surface area (Å²) in [6, 6.07) is 0. The highest BCUT2D eigenvalue weighted by Gasteiger charge is 2.22. The summed E-state index contributed by atoms with van der Waals surface area (Å²) in [6.45, 7) is 3.59. The molecular formula is C39H71O8P. The normalized spacial score (nSPS) is 12.8. The largest absolute Gasteiger partial charge is 0.469 e. The molecule has 0 heterocycles. The second-order valence-electron chi connectivity index (χ2n) is 12.9. The third-order valence-electron chi connectivity index (χ3n) is 8.11. The first-order valence-corrected chi connectivity index (χ1v) is 20.8. The summed E-state index contributed by atoms with van der Waals surface area (Å²) in [6.07, 6.45) is 40.1. The van der Waals surface area contributed by atoms with Crippen LogP contribution in [0.3, 0.4) is 0 Å². The van der Waals surface area contributed by atoms with Gasteiger partial charge in [-0.3, -0.25) is 14.1 Å². The summed E-state index contributed by atoms with van der Waals surface area (Å²) in [4.78, 5) is 42.7. The minimum Gasteiger partial charge on any atom is -0.462 e. The van der Waals surface area contributed by atoms with Crippen molar-refractivity contribution in [3.05, 3.63) is 36.5 Å². The Balaban J connectivity index is 3.96. The van der Waals surface area contributed by atoms with Crippen LogP contribution in [0.2, 0.25) is 0 Å². The van der Waals surface area contributed by atoms with Crippen molar-refractivity contribution in [3.8, 4) is 0 Å². The lowest BCUT2D eigenvalue weighted by Crippen LogP contribution is -2.29. The molecule has 0 aliphatic heterocycles. The van der Waals surface area contributed by atoms with Gasteiger partial charge in [-0.05, 0) is 64.2 Å². The van der Waals surface area contributed by atoms with Gasteiger partial charge in [-0.25, -0.2) is 4.57 Å². The fraction of sp³-hybridized carbons (Fsp3) is 0.795. The molecule has 0 aromatic heterocycles. The molecule has 0 aliphatic carbocycles. The van der Waals surface area contributed by atoms with Gasteiger partial charge in [0.1, 0.15) is 6.61 Å². The van der Waals surface area contributed by atoms with Gasteiger partial charge >= 0.3 is 19.8 Å². The second-order valence-corrected chi connectivity index (χ2v) is 14.1. The van der Waals surface area contributed by atoms with Gasteiger partial charge in [0.15, 0.2) is 6.10 Å². The molecule has 8 nitrogen and oxygen atoms in total. The SMILES string of the molecule is CCC/C=C\C/C=C\CCCCCCCC(=O)OC(COC(=O)CCCCCCCCC/C=C\CCCCCCCC)COP(=O)(O)O. The van der Waals surface area contributed by atoms with E-state index in [1.807, 2.05) is 0 Å². The fourth-order valence-corrected chi connectivity index (χ4v) is 5.59. The number of unbranched alkanes of at least 4 members (excludes halogenated alkanes) is 19. The van der Waals surface area contributed by atoms with Gasteiger partial charge in [-0.1, -0.05) is 140 Å². The summed E-state index contributed by atoms with van der Waals surface area (Å²) in [7, 11) is -4.75. The van der Waals surface area contributed by atoms with Crippen LogP contribution in [-0.2, 0) is 28.2 Å². The number of allylic oxidation sites excluding steroid dienone is 6. The Morgan fingerprint density at radius 3 is 1.48 bits per heavy atom. The van der Waals surface area contributed by atoms with Crippen LogP contribution >= 0.6 is 7.82 Å². The summed E-state index contributed by atoms with van der Waals surface area (Å²) in [5.41, 5.74) is 0. The maximum atomic E-state index is 12.3. The maximum absolute atomic E-state index is 12.3. The number of rotatable bonds is 35. The molecule has 0 radical (unpaired) electrons. The minimum atomic E-state index is -4.75. The van der Waals surface area contributed by atoms with Crippen LogP contribution < -0.4 is 0 Å². The van der Waals surface area contributed by atoms with Crippen LogP contribution in [0.4, 0.5) is 0 Å². The van der Waals surface area contributed by atoms with Crippen molar-refractivity contribution in [3.63, 3.8) is 0 Å².